The van der Waals surface area contributed by atoms with Gasteiger partial charge in [-0.25, -0.2) is 4.79 Å². The second kappa shape index (κ2) is 11.0. The lowest BCUT2D eigenvalue weighted by atomic mass is 9.86. The topological polar surface area (TPSA) is 93.3 Å². The second-order valence-electron chi connectivity index (χ2n) is 8.18. The van der Waals surface area contributed by atoms with Crippen molar-refractivity contribution in [1.29, 1.82) is 5.26 Å². The molecule has 7 heteroatoms. The molecule has 1 aromatic heterocycles. The summed E-state index contributed by atoms with van der Waals surface area (Å²) in [6, 6.07) is 4.06. The summed E-state index contributed by atoms with van der Waals surface area (Å²) in [6.45, 7) is 8.24. The van der Waals surface area contributed by atoms with Gasteiger partial charge in [0, 0.05) is 24.5 Å². The second-order valence-corrected chi connectivity index (χ2v) is 8.18. The fourth-order valence-electron chi connectivity index (χ4n) is 4.22. The van der Waals surface area contributed by atoms with Crippen LogP contribution in [-0.4, -0.2) is 42.8 Å². The Morgan fingerprint density at radius 1 is 1.37 bits per heavy atom. The van der Waals surface area contributed by atoms with Gasteiger partial charge in [-0.05, 0) is 57.2 Å². The number of esters is 1. The van der Waals surface area contributed by atoms with Crippen LogP contribution >= 0.6 is 0 Å². The van der Waals surface area contributed by atoms with Crippen LogP contribution in [0, 0.1) is 31.1 Å². The maximum atomic E-state index is 12.4. The third-order valence-electron chi connectivity index (χ3n) is 5.80. The predicted molar refractivity (Wildman–Crippen MR) is 115 cm³/mol. The summed E-state index contributed by atoms with van der Waals surface area (Å²) < 4.78 is 12.4. The summed E-state index contributed by atoms with van der Waals surface area (Å²) in [5.41, 5.74) is 2.58. The van der Waals surface area contributed by atoms with Gasteiger partial charge in [0.2, 0.25) is 0 Å². The van der Waals surface area contributed by atoms with E-state index in [1.807, 2.05) is 32.9 Å². The first-order valence-electron chi connectivity index (χ1n) is 10.5. The number of nitriles is 1. The molecule has 0 saturated heterocycles. The van der Waals surface area contributed by atoms with Gasteiger partial charge in [-0.1, -0.05) is 19.8 Å². The maximum absolute atomic E-state index is 12.4. The molecule has 1 heterocycles. The number of aryl methyl sites for hydroxylation is 1. The molecule has 1 fully saturated rings. The predicted octanol–water partition coefficient (Wildman–Crippen LogP) is 3.46. The van der Waals surface area contributed by atoms with Crippen LogP contribution in [0.5, 0.6) is 0 Å². The van der Waals surface area contributed by atoms with Crippen molar-refractivity contribution in [2.45, 2.75) is 65.5 Å². The Bertz CT molecular complexity index is 834. The summed E-state index contributed by atoms with van der Waals surface area (Å²) in [5, 5.41) is 12.4. The maximum Gasteiger partial charge on any atom is 0.349 e. The van der Waals surface area contributed by atoms with Crippen molar-refractivity contribution < 1.29 is 19.1 Å². The average molecular weight is 416 g/mol. The summed E-state index contributed by atoms with van der Waals surface area (Å²) in [4.78, 5) is 24.5. The normalized spacial score (nSPS) is 20.3. The Labute approximate surface area is 179 Å². The molecule has 7 nitrogen and oxygen atoms in total. The SMILES string of the molecule is COC[C@@H](C)n1c(C)cc(/C=C(\C#N)C(=O)OCC(=O)N[C@@H]2CCCC[C@@H]2C)c1C. The van der Waals surface area contributed by atoms with Crippen LogP contribution in [0.3, 0.4) is 0 Å². The third-order valence-corrected chi connectivity index (χ3v) is 5.80. The van der Waals surface area contributed by atoms with Crippen molar-refractivity contribution in [2.24, 2.45) is 5.92 Å². The summed E-state index contributed by atoms with van der Waals surface area (Å²) in [5.74, 6) is -0.700. The minimum Gasteiger partial charge on any atom is -0.451 e. The van der Waals surface area contributed by atoms with E-state index in [4.69, 9.17) is 9.47 Å². The van der Waals surface area contributed by atoms with Crippen molar-refractivity contribution in [2.75, 3.05) is 20.3 Å². The van der Waals surface area contributed by atoms with Crippen molar-refractivity contribution >= 4 is 18.0 Å². The Balaban J connectivity index is 2.02. The highest BCUT2D eigenvalue weighted by Gasteiger charge is 2.23. The molecule has 30 heavy (non-hydrogen) atoms. The fraction of sp³-hybridized carbons (Fsp3) is 0.609. The van der Waals surface area contributed by atoms with Gasteiger partial charge in [0.1, 0.15) is 11.6 Å². The first-order valence-corrected chi connectivity index (χ1v) is 10.5. The molecular formula is C23H33N3O4. The highest BCUT2D eigenvalue weighted by atomic mass is 16.5. The van der Waals surface area contributed by atoms with Gasteiger partial charge in [0.25, 0.3) is 5.91 Å². The van der Waals surface area contributed by atoms with Crippen LogP contribution in [0.25, 0.3) is 6.08 Å². The van der Waals surface area contributed by atoms with Gasteiger partial charge in [0.05, 0.1) is 12.6 Å². The van der Waals surface area contributed by atoms with Crippen molar-refractivity contribution in [3.8, 4) is 6.07 Å². The number of rotatable bonds is 8. The van der Waals surface area contributed by atoms with Gasteiger partial charge in [-0.15, -0.1) is 0 Å². The molecule has 1 amide bonds. The highest BCUT2D eigenvalue weighted by molar-refractivity contribution is 5.99. The summed E-state index contributed by atoms with van der Waals surface area (Å²) in [7, 11) is 1.65. The van der Waals surface area contributed by atoms with Crippen LogP contribution in [0.4, 0.5) is 0 Å². The first-order chi connectivity index (χ1) is 14.3. The zero-order valence-electron chi connectivity index (χ0n) is 18.7. The molecule has 0 spiro atoms. The number of nitrogens with zero attached hydrogens (tertiary/aromatic N) is 2. The minimum absolute atomic E-state index is 0.121. The Hall–Kier alpha value is -2.59. The van der Waals surface area contributed by atoms with E-state index in [0.717, 1.165) is 36.2 Å². The van der Waals surface area contributed by atoms with E-state index in [1.165, 1.54) is 12.5 Å². The van der Waals surface area contributed by atoms with Crippen molar-refractivity contribution in [3.63, 3.8) is 0 Å². The third kappa shape index (κ3) is 5.96. The number of nitrogens with one attached hydrogen (secondary N) is 1. The lowest BCUT2D eigenvalue weighted by Crippen LogP contribution is -2.42. The zero-order chi connectivity index (χ0) is 22.3. The Morgan fingerprint density at radius 3 is 2.70 bits per heavy atom. The molecule has 0 aromatic carbocycles. The monoisotopic (exact) mass is 415 g/mol. The molecule has 164 valence electrons. The highest BCUT2D eigenvalue weighted by Crippen LogP contribution is 2.24. The molecule has 0 aliphatic heterocycles. The van der Waals surface area contributed by atoms with Crippen molar-refractivity contribution in [1.82, 2.24) is 9.88 Å². The summed E-state index contributed by atoms with van der Waals surface area (Å²) in [6.07, 6.45) is 5.83. The molecule has 3 atom stereocenters. The van der Waals surface area contributed by atoms with E-state index >= 15 is 0 Å². The van der Waals surface area contributed by atoms with E-state index in [9.17, 15) is 14.9 Å². The Morgan fingerprint density at radius 2 is 2.07 bits per heavy atom. The first kappa shape index (κ1) is 23.7. The fourth-order valence-corrected chi connectivity index (χ4v) is 4.22. The van der Waals surface area contributed by atoms with E-state index < -0.39 is 5.97 Å². The largest absolute Gasteiger partial charge is 0.451 e. The molecule has 1 aliphatic rings. The molecular weight excluding hydrogens is 382 g/mol. The van der Waals surface area contributed by atoms with Crippen LogP contribution in [-0.2, 0) is 19.1 Å². The molecule has 1 aliphatic carbocycles. The number of methoxy groups -OCH3 is 1. The van der Waals surface area contributed by atoms with E-state index in [-0.39, 0.29) is 30.2 Å². The number of carbonyl (C=O) groups excluding carboxylic acids is 2. The molecule has 1 N–H and O–H groups in total. The molecule has 0 unspecified atom stereocenters. The van der Waals surface area contributed by atoms with Gasteiger partial charge < -0.3 is 19.4 Å². The van der Waals surface area contributed by atoms with E-state index in [2.05, 4.69) is 16.8 Å². The number of ether oxygens (including phenoxy) is 2. The quantitative estimate of drug-likeness (QED) is 0.399. The summed E-state index contributed by atoms with van der Waals surface area (Å²) >= 11 is 0. The average Bonchev–Trinajstić information content (AvgIpc) is 2.99. The van der Waals surface area contributed by atoms with Gasteiger partial charge >= 0.3 is 5.97 Å². The molecule has 0 bridgehead atoms. The van der Waals surface area contributed by atoms with Gasteiger partial charge in [-0.2, -0.15) is 5.26 Å². The molecule has 1 aromatic rings. The minimum atomic E-state index is -0.793. The van der Waals surface area contributed by atoms with Gasteiger partial charge in [-0.3, -0.25) is 4.79 Å². The van der Waals surface area contributed by atoms with Crippen LogP contribution in [0.1, 0.15) is 62.5 Å². The molecule has 1 saturated carbocycles. The van der Waals surface area contributed by atoms with Crippen LogP contribution < -0.4 is 5.32 Å². The van der Waals surface area contributed by atoms with E-state index in [1.54, 1.807) is 7.11 Å². The number of hydrogen-bond donors (Lipinski definition) is 1. The molecule has 0 radical (unpaired) electrons. The van der Waals surface area contributed by atoms with Crippen LogP contribution in [0.15, 0.2) is 11.6 Å². The number of carbonyl (C=O) groups is 2. The van der Waals surface area contributed by atoms with Crippen molar-refractivity contribution in [3.05, 3.63) is 28.6 Å². The lowest BCUT2D eigenvalue weighted by molar-refractivity contribution is -0.144. The number of aromatic nitrogens is 1. The smallest absolute Gasteiger partial charge is 0.349 e. The van der Waals surface area contributed by atoms with Crippen LogP contribution in [0.2, 0.25) is 0 Å². The Kier molecular flexibility index (Phi) is 8.67. The molecule has 2 rings (SSSR count). The van der Waals surface area contributed by atoms with E-state index in [0.29, 0.717) is 12.5 Å². The standard InChI is InChI=1S/C23H33N3O4/c1-15-8-6-7-9-21(15)25-22(27)14-30-23(28)20(12-24)11-19-10-16(2)26(18(19)4)17(3)13-29-5/h10-11,15,17,21H,6-9,13-14H2,1-5H3,(H,25,27)/b20-11+/t15-,17+,21+/m0/s1. The lowest BCUT2D eigenvalue weighted by Gasteiger charge is -2.29. The zero-order valence-corrected chi connectivity index (χ0v) is 18.7. The number of hydrogen-bond acceptors (Lipinski definition) is 5. The van der Waals surface area contributed by atoms with Gasteiger partial charge in [0.15, 0.2) is 6.61 Å². The number of amides is 1.